The first-order valence-corrected chi connectivity index (χ1v) is 8.08. The number of hydrogen-bond acceptors (Lipinski definition) is 10. The van der Waals surface area contributed by atoms with Crippen molar-refractivity contribution in [1.82, 2.24) is 0 Å². The molecule has 4 saturated heterocycles. The Morgan fingerprint density at radius 1 is 0.708 bits per heavy atom. The lowest BCUT2D eigenvalue weighted by molar-refractivity contribution is -0.370. The first kappa shape index (κ1) is 17.0. The lowest BCUT2D eigenvalue weighted by Gasteiger charge is -2.25. The van der Waals surface area contributed by atoms with Crippen LogP contribution in [0.3, 0.4) is 0 Å². The van der Waals surface area contributed by atoms with E-state index < -0.39 is 55.1 Å². The maximum Gasteiger partial charge on any atom is 0.187 e. The van der Waals surface area contributed by atoms with Crippen molar-refractivity contribution in [2.75, 3.05) is 33.0 Å². The molecule has 0 aliphatic carbocycles. The molecule has 0 bridgehead atoms. The van der Waals surface area contributed by atoms with Crippen LogP contribution in [0.25, 0.3) is 0 Å². The minimum atomic E-state index is -1.00. The number of ether oxygens (including phenoxy) is 5. The van der Waals surface area contributed by atoms with Crippen LogP contribution in [-0.2, 0) is 33.5 Å². The third-order valence-electron chi connectivity index (χ3n) is 4.66. The second-order valence-corrected chi connectivity index (χ2v) is 6.41. The number of rotatable bonds is 5. The van der Waals surface area contributed by atoms with E-state index in [0.29, 0.717) is 0 Å². The van der Waals surface area contributed by atoms with Crippen molar-refractivity contribution < 1.29 is 48.8 Å². The molecular weight excluding hydrogens is 328 g/mol. The Morgan fingerprint density at radius 2 is 1.42 bits per heavy atom. The molecule has 9 atom stereocenters. The molecule has 1 unspecified atom stereocenters. The fourth-order valence-corrected chi connectivity index (χ4v) is 3.24. The summed E-state index contributed by atoms with van der Waals surface area (Å²) < 4.78 is 27.0. The normalized spacial score (nSPS) is 51.4. The van der Waals surface area contributed by atoms with E-state index in [1.165, 1.54) is 0 Å². The van der Waals surface area contributed by atoms with Gasteiger partial charge in [-0.1, -0.05) is 0 Å². The maximum absolute atomic E-state index is 10.2. The molecule has 0 amide bonds. The van der Waals surface area contributed by atoms with E-state index in [9.17, 15) is 15.3 Å². The number of aliphatic hydroxyl groups excluding tert-OH is 3. The molecular formula is C14H22O10. The van der Waals surface area contributed by atoms with Crippen molar-refractivity contribution in [2.24, 2.45) is 0 Å². The van der Waals surface area contributed by atoms with Crippen molar-refractivity contribution >= 4 is 0 Å². The Kier molecular flexibility index (Phi) is 5.02. The summed E-state index contributed by atoms with van der Waals surface area (Å²) in [5, 5.41) is 29.6. The highest BCUT2D eigenvalue weighted by Gasteiger charge is 2.53. The maximum atomic E-state index is 10.2. The van der Waals surface area contributed by atoms with Crippen LogP contribution in [0.5, 0.6) is 0 Å². The molecule has 138 valence electrons. The van der Waals surface area contributed by atoms with Crippen molar-refractivity contribution in [3.05, 3.63) is 0 Å². The zero-order chi connectivity index (χ0) is 16.7. The van der Waals surface area contributed by atoms with Gasteiger partial charge < -0.3 is 39.0 Å². The molecule has 4 aliphatic rings. The van der Waals surface area contributed by atoms with Crippen molar-refractivity contribution in [1.29, 1.82) is 0 Å². The molecule has 0 radical (unpaired) electrons. The summed E-state index contributed by atoms with van der Waals surface area (Å²) in [6, 6.07) is 0. The van der Waals surface area contributed by atoms with Gasteiger partial charge >= 0.3 is 0 Å². The van der Waals surface area contributed by atoms with Crippen LogP contribution < -0.4 is 0 Å². The molecule has 10 heteroatoms. The van der Waals surface area contributed by atoms with Gasteiger partial charge in [0, 0.05) is 0 Å². The molecule has 3 N–H and O–H groups in total. The first-order valence-electron chi connectivity index (χ1n) is 8.08. The first-order chi connectivity index (χ1) is 11.6. The summed E-state index contributed by atoms with van der Waals surface area (Å²) in [4.78, 5) is 10.5. The quantitative estimate of drug-likeness (QED) is 0.357. The largest absolute Gasteiger partial charge is 0.388 e. The third-order valence-corrected chi connectivity index (χ3v) is 4.66. The van der Waals surface area contributed by atoms with Crippen LogP contribution in [0.15, 0.2) is 0 Å². The van der Waals surface area contributed by atoms with Gasteiger partial charge in [0.2, 0.25) is 0 Å². The van der Waals surface area contributed by atoms with Crippen LogP contribution in [-0.4, -0.2) is 103 Å². The van der Waals surface area contributed by atoms with Gasteiger partial charge in [-0.05, 0) is 0 Å². The Balaban J connectivity index is 1.29. The van der Waals surface area contributed by atoms with Crippen molar-refractivity contribution in [2.45, 2.75) is 55.1 Å². The highest BCUT2D eigenvalue weighted by molar-refractivity contribution is 4.97. The van der Waals surface area contributed by atoms with E-state index in [4.69, 9.17) is 33.5 Å². The summed E-state index contributed by atoms with van der Waals surface area (Å²) in [6.07, 6.45) is -6.25. The van der Waals surface area contributed by atoms with E-state index in [1.807, 2.05) is 0 Å². The monoisotopic (exact) mass is 350 g/mol. The van der Waals surface area contributed by atoms with E-state index in [-0.39, 0.29) is 33.0 Å². The number of aliphatic hydroxyl groups is 3. The van der Waals surface area contributed by atoms with Gasteiger partial charge in [0.25, 0.3) is 0 Å². The standard InChI is InChI=1S/C14H22O10/c15-6-1-18-3-8(6)23-24-10-5-19-4-9(10)21-14-11(17)13-12(22-14)7(16)2-20-13/h6-17H,1-5H2/t6-,7+,8+,9+,10+,11-,12-,13-,14?/m1/s1. The highest BCUT2D eigenvalue weighted by Crippen LogP contribution is 2.33. The molecule has 0 aromatic rings. The van der Waals surface area contributed by atoms with E-state index >= 15 is 0 Å². The Labute approximate surface area is 138 Å². The summed E-state index contributed by atoms with van der Waals surface area (Å²) >= 11 is 0. The highest BCUT2D eigenvalue weighted by atomic mass is 17.2. The second kappa shape index (κ2) is 7.08. The van der Waals surface area contributed by atoms with Gasteiger partial charge in [-0.15, -0.1) is 0 Å². The Bertz CT molecular complexity index is 436. The van der Waals surface area contributed by atoms with Gasteiger partial charge in [-0.3, -0.25) is 0 Å². The Morgan fingerprint density at radius 3 is 2.17 bits per heavy atom. The summed E-state index contributed by atoms with van der Waals surface area (Å²) in [5.74, 6) is 0. The van der Waals surface area contributed by atoms with Crippen LogP contribution in [0.1, 0.15) is 0 Å². The van der Waals surface area contributed by atoms with E-state index in [1.54, 1.807) is 0 Å². The molecule has 4 rings (SSSR count). The molecule has 4 aliphatic heterocycles. The zero-order valence-corrected chi connectivity index (χ0v) is 12.9. The molecule has 0 saturated carbocycles. The number of fused-ring (bicyclic) bond motifs is 1. The fraction of sp³-hybridized carbons (Fsp3) is 1.00. The lowest BCUT2D eigenvalue weighted by Crippen LogP contribution is -2.40. The predicted octanol–water partition coefficient (Wildman–Crippen LogP) is -2.68. The summed E-state index contributed by atoms with van der Waals surface area (Å²) in [6.45, 7) is 1.11. The van der Waals surface area contributed by atoms with Gasteiger partial charge in [-0.2, -0.15) is 0 Å². The third kappa shape index (κ3) is 3.19. The predicted molar refractivity (Wildman–Crippen MR) is 72.7 cm³/mol. The summed E-state index contributed by atoms with van der Waals surface area (Å²) in [7, 11) is 0. The fourth-order valence-electron chi connectivity index (χ4n) is 3.24. The van der Waals surface area contributed by atoms with E-state index in [0.717, 1.165) is 0 Å². The van der Waals surface area contributed by atoms with Gasteiger partial charge in [0.15, 0.2) is 6.29 Å². The topological polar surface area (TPSA) is 125 Å². The summed E-state index contributed by atoms with van der Waals surface area (Å²) in [5.41, 5.74) is 0. The molecule has 0 aromatic heterocycles. The average Bonchev–Trinajstić information content (AvgIpc) is 3.30. The van der Waals surface area contributed by atoms with Crippen LogP contribution in [0.2, 0.25) is 0 Å². The van der Waals surface area contributed by atoms with Gasteiger partial charge in [0.05, 0.1) is 33.0 Å². The van der Waals surface area contributed by atoms with Gasteiger partial charge in [0.1, 0.15) is 48.8 Å². The molecule has 0 spiro atoms. The molecule has 24 heavy (non-hydrogen) atoms. The second-order valence-electron chi connectivity index (χ2n) is 6.41. The minimum Gasteiger partial charge on any atom is -0.388 e. The van der Waals surface area contributed by atoms with Crippen LogP contribution >= 0.6 is 0 Å². The average molecular weight is 350 g/mol. The van der Waals surface area contributed by atoms with E-state index in [2.05, 4.69) is 0 Å². The van der Waals surface area contributed by atoms with Crippen molar-refractivity contribution in [3.63, 3.8) is 0 Å². The molecule has 0 aromatic carbocycles. The zero-order valence-electron chi connectivity index (χ0n) is 12.9. The van der Waals surface area contributed by atoms with Crippen LogP contribution in [0, 0.1) is 0 Å². The van der Waals surface area contributed by atoms with Crippen LogP contribution in [0.4, 0.5) is 0 Å². The lowest BCUT2D eigenvalue weighted by atomic mass is 10.1. The molecule has 10 nitrogen and oxygen atoms in total. The smallest absolute Gasteiger partial charge is 0.187 e. The van der Waals surface area contributed by atoms with Gasteiger partial charge in [-0.25, -0.2) is 9.78 Å². The minimum absolute atomic E-state index is 0.136. The van der Waals surface area contributed by atoms with Crippen molar-refractivity contribution in [3.8, 4) is 0 Å². The Hall–Kier alpha value is -0.400. The molecule has 4 heterocycles. The SMILES string of the molecule is O[C@@H]1COC[C@@H]1OO[C@H]1COC[C@@H]1OC1O[C@H]2[C@H](OC[C@@H]2O)[C@H]1O. The molecule has 4 fully saturated rings. The number of hydrogen-bond donors (Lipinski definition) is 3.